The fourth-order valence-electron chi connectivity index (χ4n) is 1.52. The van der Waals surface area contributed by atoms with Gasteiger partial charge < -0.3 is 4.74 Å². The van der Waals surface area contributed by atoms with Crippen molar-refractivity contribution in [3.8, 4) is 5.75 Å². The molecule has 2 rings (SSSR count). The molecule has 1 heterocycles. The zero-order chi connectivity index (χ0) is 15.1. The highest BCUT2D eigenvalue weighted by atomic mass is 19.3. The van der Waals surface area contributed by atoms with Crippen molar-refractivity contribution in [2.75, 3.05) is 0 Å². The molecule has 108 valence electrons. The molecule has 0 aliphatic heterocycles. The highest BCUT2D eigenvalue weighted by Crippen LogP contribution is 2.18. The lowest BCUT2D eigenvalue weighted by Gasteiger charge is -2.06. The fraction of sp³-hybridized carbons (Fsp3) is 0.0714. The molecule has 0 radical (unpaired) electrons. The first-order chi connectivity index (χ1) is 10.2. The van der Waals surface area contributed by atoms with Gasteiger partial charge >= 0.3 is 6.61 Å². The second-order valence-corrected chi connectivity index (χ2v) is 3.85. The maximum atomic E-state index is 12.2. The average Bonchev–Trinajstić information content (AvgIpc) is 2.49. The molecule has 0 aliphatic carbocycles. The summed E-state index contributed by atoms with van der Waals surface area (Å²) >= 11 is 0. The summed E-state index contributed by atoms with van der Waals surface area (Å²) < 4.78 is 28.8. The fourth-order valence-corrected chi connectivity index (χ4v) is 1.52. The third-order valence-electron chi connectivity index (χ3n) is 2.45. The molecule has 7 heteroatoms. The van der Waals surface area contributed by atoms with Gasteiger partial charge in [-0.1, -0.05) is 12.1 Å². The Hall–Kier alpha value is -2.83. The summed E-state index contributed by atoms with van der Waals surface area (Å²) in [5.41, 5.74) is 3.00. The number of alkyl halides is 2. The van der Waals surface area contributed by atoms with Crippen LogP contribution < -0.4 is 10.2 Å². The Morgan fingerprint density at radius 1 is 1.24 bits per heavy atom. The number of pyridine rings is 1. The number of benzene rings is 1. The number of para-hydroxylation sites is 1. The van der Waals surface area contributed by atoms with Gasteiger partial charge in [-0.25, -0.2) is 5.43 Å². The number of nitrogens with one attached hydrogen (secondary N) is 1. The van der Waals surface area contributed by atoms with Crippen LogP contribution in [0.5, 0.6) is 5.75 Å². The first-order valence-electron chi connectivity index (χ1n) is 5.94. The summed E-state index contributed by atoms with van der Waals surface area (Å²) in [6.45, 7) is -2.93. The van der Waals surface area contributed by atoms with E-state index in [4.69, 9.17) is 0 Å². The van der Waals surface area contributed by atoms with Crippen molar-refractivity contribution in [3.63, 3.8) is 0 Å². The van der Waals surface area contributed by atoms with Crippen LogP contribution in [0.3, 0.4) is 0 Å². The Morgan fingerprint density at radius 3 is 2.67 bits per heavy atom. The molecule has 0 fully saturated rings. The van der Waals surface area contributed by atoms with Crippen molar-refractivity contribution in [1.29, 1.82) is 0 Å². The van der Waals surface area contributed by atoms with E-state index in [0.717, 1.165) is 0 Å². The highest BCUT2D eigenvalue weighted by Gasteiger charge is 2.07. The topological polar surface area (TPSA) is 63.6 Å². The number of rotatable bonds is 5. The van der Waals surface area contributed by atoms with Crippen LogP contribution in [0.1, 0.15) is 15.9 Å². The molecule has 0 saturated carbocycles. The summed E-state index contributed by atoms with van der Waals surface area (Å²) in [5, 5.41) is 3.72. The quantitative estimate of drug-likeness (QED) is 0.680. The summed E-state index contributed by atoms with van der Waals surface area (Å²) in [7, 11) is 0. The van der Waals surface area contributed by atoms with Crippen molar-refractivity contribution < 1.29 is 18.3 Å². The number of halogens is 2. The van der Waals surface area contributed by atoms with Crippen LogP contribution in [0.2, 0.25) is 0 Å². The first-order valence-corrected chi connectivity index (χ1v) is 5.94. The number of carbonyl (C=O) groups is 1. The van der Waals surface area contributed by atoms with Gasteiger partial charge in [0.15, 0.2) is 0 Å². The average molecular weight is 291 g/mol. The minimum Gasteiger partial charge on any atom is -0.434 e. The lowest BCUT2D eigenvalue weighted by Crippen LogP contribution is -2.17. The van der Waals surface area contributed by atoms with Crippen LogP contribution in [0, 0.1) is 0 Å². The van der Waals surface area contributed by atoms with Gasteiger partial charge in [-0.2, -0.15) is 13.9 Å². The first kappa shape index (κ1) is 14.6. The van der Waals surface area contributed by atoms with Crippen LogP contribution in [-0.4, -0.2) is 23.7 Å². The molecule has 1 aromatic heterocycles. The van der Waals surface area contributed by atoms with E-state index in [0.29, 0.717) is 11.1 Å². The zero-order valence-corrected chi connectivity index (χ0v) is 10.7. The van der Waals surface area contributed by atoms with Crippen molar-refractivity contribution in [1.82, 2.24) is 10.4 Å². The molecule has 1 amide bonds. The molecule has 0 unspecified atom stereocenters. The minimum absolute atomic E-state index is 0.0191. The molecule has 0 atom stereocenters. The number of amides is 1. The van der Waals surface area contributed by atoms with E-state index in [2.05, 4.69) is 20.2 Å². The number of ether oxygens (including phenoxy) is 1. The van der Waals surface area contributed by atoms with Gasteiger partial charge in [-0.05, 0) is 24.3 Å². The Kier molecular flexibility index (Phi) is 4.92. The summed E-state index contributed by atoms with van der Waals surface area (Å²) in [5.74, 6) is -0.449. The molecule has 1 aromatic carbocycles. The summed E-state index contributed by atoms with van der Waals surface area (Å²) in [6, 6.07) is 9.18. The lowest BCUT2D eigenvalue weighted by molar-refractivity contribution is -0.0499. The van der Waals surface area contributed by atoms with E-state index in [-0.39, 0.29) is 5.75 Å². The van der Waals surface area contributed by atoms with Gasteiger partial charge in [0.05, 0.1) is 6.21 Å². The Balaban J connectivity index is 2.03. The van der Waals surface area contributed by atoms with Gasteiger partial charge in [-0.3, -0.25) is 9.78 Å². The van der Waals surface area contributed by atoms with E-state index in [9.17, 15) is 13.6 Å². The predicted molar refractivity (Wildman–Crippen MR) is 72.4 cm³/mol. The van der Waals surface area contributed by atoms with Gasteiger partial charge in [0.25, 0.3) is 5.91 Å². The van der Waals surface area contributed by atoms with E-state index >= 15 is 0 Å². The minimum atomic E-state index is -2.93. The van der Waals surface area contributed by atoms with Crippen LogP contribution in [0.4, 0.5) is 8.78 Å². The number of aromatic nitrogens is 1. The van der Waals surface area contributed by atoms with Crippen LogP contribution >= 0.6 is 0 Å². The maximum Gasteiger partial charge on any atom is 0.387 e. The van der Waals surface area contributed by atoms with Crippen molar-refractivity contribution in [2.24, 2.45) is 5.10 Å². The number of hydrogen-bond acceptors (Lipinski definition) is 4. The number of hydrazone groups is 1. The second-order valence-electron chi connectivity index (χ2n) is 3.85. The van der Waals surface area contributed by atoms with Crippen molar-refractivity contribution >= 4 is 12.1 Å². The normalized spacial score (nSPS) is 10.8. The molecule has 0 saturated heterocycles. The molecular weight excluding hydrogens is 280 g/mol. The lowest BCUT2D eigenvalue weighted by atomic mass is 10.2. The molecule has 1 N–H and O–H groups in total. The molecule has 2 aromatic rings. The Bertz CT molecular complexity index is 633. The standard InChI is InChI=1S/C14H11F2N3O2/c15-14(16)21-12-4-2-1-3-11(12)9-18-19-13(20)10-5-7-17-8-6-10/h1-9,14H,(H,19,20)/b18-9+. The van der Waals surface area contributed by atoms with Crippen molar-refractivity contribution in [2.45, 2.75) is 6.61 Å². The molecule has 0 bridgehead atoms. The summed E-state index contributed by atoms with van der Waals surface area (Å²) in [6.07, 6.45) is 4.19. The molecule has 0 aliphatic rings. The molecule has 21 heavy (non-hydrogen) atoms. The maximum absolute atomic E-state index is 12.2. The molecule has 0 spiro atoms. The monoisotopic (exact) mass is 291 g/mol. The van der Waals surface area contributed by atoms with Crippen LogP contribution in [0.25, 0.3) is 0 Å². The molecule has 5 nitrogen and oxygen atoms in total. The van der Waals surface area contributed by atoms with Crippen molar-refractivity contribution in [3.05, 3.63) is 59.9 Å². The number of hydrogen-bond donors (Lipinski definition) is 1. The highest BCUT2D eigenvalue weighted by molar-refractivity contribution is 5.94. The SMILES string of the molecule is O=C(N/N=C/c1ccccc1OC(F)F)c1ccncc1. The van der Waals surface area contributed by atoms with Gasteiger partial charge in [0.1, 0.15) is 5.75 Å². The predicted octanol–water partition coefficient (Wildman–Crippen LogP) is 2.45. The van der Waals surface area contributed by atoms with E-state index in [1.807, 2.05) is 0 Å². The summed E-state index contributed by atoms with van der Waals surface area (Å²) in [4.78, 5) is 15.5. The molecular formula is C14H11F2N3O2. The van der Waals surface area contributed by atoms with Gasteiger partial charge in [0, 0.05) is 23.5 Å². The van der Waals surface area contributed by atoms with E-state index in [1.54, 1.807) is 18.2 Å². The van der Waals surface area contributed by atoms with Gasteiger partial charge in [0.2, 0.25) is 0 Å². The van der Waals surface area contributed by atoms with E-state index in [1.165, 1.54) is 36.8 Å². The third kappa shape index (κ3) is 4.34. The number of nitrogens with zero attached hydrogens (tertiary/aromatic N) is 2. The van der Waals surface area contributed by atoms with Crippen LogP contribution in [-0.2, 0) is 0 Å². The van der Waals surface area contributed by atoms with Crippen LogP contribution in [0.15, 0.2) is 53.9 Å². The smallest absolute Gasteiger partial charge is 0.387 e. The number of carbonyl (C=O) groups excluding carboxylic acids is 1. The van der Waals surface area contributed by atoms with Gasteiger partial charge in [-0.15, -0.1) is 0 Å². The van der Waals surface area contributed by atoms with E-state index < -0.39 is 12.5 Å². The third-order valence-corrected chi connectivity index (χ3v) is 2.45. The Labute approximate surface area is 119 Å². The largest absolute Gasteiger partial charge is 0.434 e. The Morgan fingerprint density at radius 2 is 1.95 bits per heavy atom. The zero-order valence-electron chi connectivity index (χ0n) is 10.7. The second kappa shape index (κ2) is 7.09.